The SMILES string of the molecule is CC1CCCC2(C)C1CCC2C(C)(C)/C=C/C(=O)C1(C(=O)O)CC1. The van der Waals surface area contributed by atoms with Gasteiger partial charge in [0.1, 0.15) is 5.41 Å². The summed E-state index contributed by atoms with van der Waals surface area (Å²) in [6.07, 6.45) is 11.1. The van der Waals surface area contributed by atoms with Crippen molar-refractivity contribution in [3.63, 3.8) is 0 Å². The van der Waals surface area contributed by atoms with Crippen molar-refractivity contribution < 1.29 is 14.7 Å². The number of fused-ring (bicyclic) bond motifs is 1. The number of aliphatic carboxylic acids is 1. The van der Waals surface area contributed by atoms with Crippen LogP contribution >= 0.6 is 0 Å². The number of carboxylic acid groups (broad SMARTS) is 1. The van der Waals surface area contributed by atoms with Crippen molar-refractivity contribution in [3.05, 3.63) is 12.2 Å². The maximum atomic E-state index is 12.4. The van der Waals surface area contributed by atoms with Crippen LogP contribution in [0.25, 0.3) is 0 Å². The van der Waals surface area contributed by atoms with Crippen LogP contribution < -0.4 is 0 Å². The maximum Gasteiger partial charge on any atom is 0.317 e. The van der Waals surface area contributed by atoms with Crippen LogP contribution in [0.15, 0.2) is 12.2 Å². The number of rotatable bonds is 5. The van der Waals surface area contributed by atoms with Gasteiger partial charge in [0.2, 0.25) is 0 Å². The van der Waals surface area contributed by atoms with Crippen LogP contribution in [0, 0.1) is 34.0 Å². The smallest absolute Gasteiger partial charge is 0.317 e. The van der Waals surface area contributed by atoms with Crippen LogP contribution in [0.1, 0.15) is 72.6 Å². The molecular weight excluding hydrogens is 300 g/mol. The molecule has 0 aromatic rings. The van der Waals surface area contributed by atoms with Gasteiger partial charge in [-0.1, -0.05) is 46.6 Å². The van der Waals surface area contributed by atoms with Gasteiger partial charge in [0, 0.05) is 0 Å². The van der Waals surface area contributed by atoms with Crippen molar-refractivity contribution in [3.8, 4) is 0 Å². The summed E-state index contributed by atoms with van der Waals surface area (Å²) in [6.45, 7) is 9.33. The summed E-state index contributed by atoms with van der Waals surface area (Å²) in [7, 11) is 0. The molecule has 3 heteroatoms. The van der Waals surface area contributed by atoms with Crippen molar-refractivity contribution >= 4 is 11.8 Å². The molecule has 4 unspecified atom stereocenters. The standard InChI is InChI=1S/C21H32O3/c1-14-6-5-10-20(4)15(14)7-8-16(20)19(2,3)11-9-17(22)21(12-13-21)18(23)24/h9,11,14-16H,5-8,10,12-13H2,1-4H3,(H,23,24)/b11-9+. The highest BCUT2D eigenvalue weighted by Gasteiger charge is 2.56. The van der Waals surface area contributed by atoms with E-state index in [1.54, 1.807) is 6.08 Å². The lowest BCUT2D eigenvalue weighted by Crippen LogP contribution is -2.41. The fourth-order valence-electron chi connectivity index (χ4n) is 6.04. The molecular formula is C21H32O3. The van der Waals surface area contributed by atoms with Crippen molar-refractivity contribution in [1.29, 1.82) is 0 Å². The van der Waals surface area contributed by atoms with Gasteiger partial charge in [0.25, 0.3) is 0 Å². The Morgan fingerprint density at radius 2 is 1.79 bits per heavy atom. The normalized spacial score (nSPS) is 38.1. The van der Waals surface area contributed by atoms with E-state index >= 15 is 0 Å². The van der Waals surface area contributed by atoms with Crippen LogP contribution in [-0.4, -0.2) is 16.9 Å². The Kier molecular flexibility index (Phi) is 4.21. The number of allylic oxidation sites excluding steroid dienone is 2. The molecule has 1 N–H and O–H groups in total. The van der Waals surface area contributed by atoms with Crippen LogP contribution in [-0.2, 0) is 9.59 Å². The van der Waals surface area contributed by atoms with E-state index in [2.05, 4.69) is 27.7 Å². The zero-order valence-corrected chi connectivity index (χ0v) is 15.6. The molecule has 0 heterocycles. The Balaban J connectivity index is 1.77. The van der Waals surface area contributed by atoms with Crippen molar-refractivity contribution in [1.82, 2.24) is 0 Å². The third-order valence-corrected chi connectivity index (χ3v) is 7.66. The summed E-state index contributed by atoms with van der Waals surface area (Å²) in [5.41, 5.74) is -0.808. The first kappa shape index (κ1) is 17.7. The molecule has 4 atom stereocenters. The number of carbonyl (C=O) groups excluding carboxylic acids is 1. The van der Waals surface area contributed by atoms with E-state index in [-0.39, 0.29) is 11.2 Å². The summed E-state index contributed by atoms with van der Waals surface area (Å²) in [5, 5.41) is 9.28. The van der Waals surface area contributed by atoms with Crippen LogP contribution in [0.5, 0.6) is 0 Å². The topological polar surface area (TPSA) is 54.4 Å². The average Bonchev–Trinajstić information content (AvgIpc) is 3.22. The minimum Gasteiger partial charge on any atom is -0.480 e. The maximum absolute atomic E-state index is 12.4. The Labute approximate surface area is 145 Å². The lowest BCUT2D eigenvalue weighted by molar-refractivity contribution is -0.146. The number of hydrogen-bond acceptors (Lipinski definition) is 2. The first-order valence-electron chi connectivity index (χ1n) is 9.60. The fraction of sp³-hybridized carbons (Fsp3) is 0.810. The van der Waals surface area contributed by atoms with Crippen LogP contribution in [0.3, 0.4) is 0 Å². The molecule has 0 spiro atoms. The summed E-state index contributed by atoms with van der Waals surface area (Å²) in [6, 6.07) is 0. The molecule has 0 amide bonds. The molecule has 0 aromatic heterocycles. The molecule has 0 aliphatic heterocycles. The van der Waals surface area contributed by atoms with Crippen molar-refractivity contribution in [2.24, 2.45) is 34.0 Å². The highest BCUT2D eigenvalue weighted by Crippen LogP contribution is 2.62. The lowest BCUT2D eigenvalue weighted by atomic mass is 9.56. The zero-order chi connectivity index (χ0) is 17.8. The van der Waals surface area contributed by atoms with E-state index in [1.165, 1.54) is 32.1 Å². The van der Waals surface area contributed by atoms with Gasteiger partial charge in [-0.15, -0.1) is 0 Å². The van der Waals surface area contributed by atoms with Gasteiger partial charge in [0.15, 0.2) is 5.78 Å². The first-order valence-corrected chi connectivity index (χ1v) is 9.60. The molecule has 3 aliphatic carbocycles. The molecule has 3 fully saturated rings. The number of ketones is 1. The van der Waals surface area contributed by atoms with Gasteiger partial charge in [-0.05, 0) is 66.8 Å². The lowest BCUT2D eigenvalue weighted by Gasteiger charge is -2.48. The Morgan fingerprint density at radius 3 is 2.38 bits per heavy atom. The Hall–Kier alpha value is -1.12. The molecule has 24 heavy (non-hydrogen) atoms. The largest absolute Gasteiger partial charge is 0.480 e. The molecule has 3 nitrogen and oxygen atoms in total. The van der Waals surface area contributed by atoms with Crippen molar-refractivity contribution in [2.75, 3.05) is 0 Å². The van der Waals surface area contributed by atoms with E-state index in [0.29, 0.717) is 24.2 Å². The second kappa shape index (κ2) is 5.71. The highest BCUT2D eigenvalue weighted by molar-refractivity contribution is 6.11. The first-order chi connectivity index (χ1) is 11.1. The zero-order valence-electron chi connectivity index (χ0n) is 15.6. The second-order valence-electron chi connectivity index (χ2n) is 9.52. The van der Waals surface area contributed by atoms with Gasteiger partial charge < -0.3 is 5.11 Å². The summed E-state index contributed by atoms with van der Waals surface area (Å²) < 4.78 is 0. The molecule has 0 saturated heterocycles. The quantitative estimate of drug-likeness (QED) is 0.578. The van der Waals surface area contributed by atoms with Crippen molar-refractivity contribution in [2.45, 2.75) is 72.6 Å². The Morgan fingerprint density at radius 1 is 1.12 bits per heavy atom. The molecule has 134 valence electrons. The Bertz CT molecular complexity index is 570. The third-order valence-electron chi connectivity index (χ3n) is 7.66. The van der Waals surface area contributed by atoms with E-state index in [0.717, 1.165) is 11.8 Å². The predicted molar refractivity (Wildman–Crippen MR) is 94.6 cm³/mol. The summed E-state index contributed by atoms with van der Waals surface area (Å²) in [4.78, 5) is 23.7. The molecule has 0 bridgehead atoms. The minimum absolute atomic E-state index is 0.0647. The van der Waals surface area contributed by atoms with Gasteiger partial charge >= 0.3 is 5.97 Å². The van der Waals surface area contributed by atoms with Gasteiger partial charge in [0.05, 0.1) is 0 Å². The molecule has 0 radical (unpaired) electrons. The van der Waals surface area contributed by atoms with Gasteiger partial charge in [-0.25, -0.2) is 0 Å². The van der Waals surface area contributed by atoms with Crippen LogP contribution in [0.4, 0.5) is 0 Å². The average molecular weight is 332 g/mol. The van der Waals surface area contributed by atoms with Gasteiger partial charge in [-0.3, -0.25) is 9.59 Å². The summed E-state index contributed by atoms with van der Waals surface area (Å²) in [5.74, 6) is 1.01. The van der Waals surface area contributed by atoms with E-state index in [9.17, 15) is 14.7 Å². The second-order valence-corrected chi connectivity index (χ2v) is 9.52. The molecule has 3 saturated carbocycles. The number of carbonyl (C=O) groups is 2. The minimum atomic E-state index is -1.10. The van der Waals surface area contributed by atoms with E-state index in [1.807, 2.05) is 6.08 Å². The predicted octanol–water partition coefficient (Wildman–Crippen LogP) is 4.86. The van der Waals surface area contributed by atoms with Gasteiger partial charge in [-0.2, -0.15) is 0 Å². The van der Waals surface area contributed by atoms with Crippen LogP contribution in [0.2, 0.25) is 0 Å². The highest BCUT2D eigenvalue weighted by atomic mass is 16.4. The number of carboxylic acids is 1. The molecule has 0 aromatic carbocycles. The fourth-order valence-corrected chi connectivity index (χ4v) is 6.04. The van der Waals surface area contributed by atoms with E-state index in [4.69, 9.17) is 0 Å². The van der Waals surface area contributed by atoms with E-state index < -0.39 is 11.4 Å². The summed E-state index contributed by atoms with van der Waals surface area (Å²) >= 11 is 0. The monoisotopic (exact) mass is 332 g/mol. The molecule has 3 rings (SSSR count). The third kappa shape index (κ3) is 2.64. The number of hydrogen-bond donors (Lipinski definition) is 1. The molecule has 3 aliphatic rings.